The van der Waals surface area contributed by atoms with Crippen molar-refractivity contribution in [3.8, 4) is 5.75 Å². The third kappa shape index (κ3) is 4.01. The number of piperidine rings is 1. The first-order valence-electron chi connectivity index (χ1n) is 9.90. The van der Waals surface area contributed by atoms with Gasteiger partial charge in [0.15, 0.2) is 0 Å². The standard InChI is InChI=1S/C23H28N2O2/c1-23(11-13-25(14-12-23)16-18-7-3-2-4-8-18)22(26)24-15-19-17-27-21-10-6-5-9-20(19)21/h2-10,19H,11-17H2,1H3,(H,24,26). The Kier molecular flexibility index (Phi) is 5.17. The number of benzene rings is 2. The van der Waals surface area contributed by atoms with Gasteiger partial charge in [-0.05, 0) is 37.6 Å². The molecule has 2 aromatic rings. The van der Waals surface area contributed by atoms with Crippen molar-refractivity contribution >= 4 is 5.91 Å². The highest BCUT2D eigenvalue weighted by molar-refractivity contribution is 5.82. The van der Waals surface area contributed by atoms with Gasteiger partial charge < -0.3 is 10.1 Å². The molecule has 4 nitrogen and oxygen atoms in total. The number of nitrogens with one attached hydrogen (secondary N) is 1. The summed E-state index contributed by atoms with van der Waals surface area (Å²) in [4.78, 5) is 15.3. The zero-order valence-electron chi connectivity index (χ0n) is 16.0. The normalized spacial score (nSPS) is 21.3. The summed E-state index contributed by atoms with van der Waals surface area (Å²) in [6.45, 7) is 6.32. The average molecular weight is 364 g/mol. The van der Waals surface area contributed by atoms with Gasteiger partial charge in [0, 0.05) is 30.0 Å². The van der Waals surface area contributed by atoms with E-state index in [0.717, 1.165) is 38.2 Å². The molecular weight excluding hydrogens is 336 g/mol. The first-order chi connectivity index (χ1) is 13.1. The molecule has 1 N–H and O–H groups in total. The minimum atomic E-state index is -0.272. The number of carbonyl (C=O) groups is 1. The van der Waals surface area contributed by atoms with E-state index < -0.39 is 0 Å². The van der Waals surface area contributed by atoms with E-state index in [1.54, 1.807) is 0 Å². The highest BCUT2D eigenvalue weighted by Crippen LogP contribution is 2.34. The molecule has 2 aliphatic rings. The zero-order chi connectivity index (χ0) is 18.7. The van der Waals surface area contributed by atoms with Crippen molar-refractivity contribution in [2.45, 2.75) is 32.2 Å². The Balaban J connectivity index is 1.28. The second-order valence-corrected chi connectivity index (χ2v) is 8.08. The van der Waals surface area contributed by atoms with E-state index in [2.05, 4.69) is 53.5 Å². The Morgan fingerprint density at radius 3 is 2.59 bits per heavy atom. The molecule has 4 rings (SSSR count). The molecule has 0 aromatic heterocycles. The van der Waals surface area contributed by atoms with E-state index in [9.17, 15) is 4.79 Å². The molecule has 1 atom stereocenters. The first kappa shape index (κ1) is 18.1. The Labute approximate surface area is 161 Å². The van der Waals surface area contributed by atoms with Crippen LogP contribution < -0.4 is 10.1 Å². The van der Waals surface area contributed by atoms with Gasteiger partial charge in [-0.1, -0.05) is 55.5 Å². The topological polar surface area (TPSA) is 41.6 Å². The van der Waals surface area contributed by atoms with Crippen molar-refractivity contribution in [1.29, 1.82) is 0 Å². The van der Waals surface area contributed by atoms with Crippen LogP contribution in [0, 0.1) is 5.41 Å². The van der Waals surface area contributed by atoms with Gasteiger partial charge in [-0.2, -0.15) is 0 Å². The van der Waals surface area contributed by atoms with Gasteiger partial charge in [-0.25, -0.2) is 0 Å². The van der Waals surface area contributed by atoms with Crippen LogP contribution in [-0.4, -0.2) is 37.0 Å². The van der Waals surface area contributed by atoms with Crippen molar-refractivity contribution < 1.29 is 9.53 Å². The molecule has 0 radical (unpaired) electrons. The molecule has 1 saturated heterocycles. The minimum absolute atomic E-state index is 0.186. The molecule has 0 spiro atoms. The monoisotopic (exact) mass is 364 g/mol. The Morgan fingerprint density at radius 1 is 1.11 bits per heavy atom. The lowest BCUT2D eigenvalue weighted by molar-refractivity contribution is -0.132. The van der Waals surface area contributed by atoms with Crippen LogP contribution >= 0.6 is 0 Å². The molecule has 1 unspecified atom stereocenters. The zero-order valence-corrected chi connectivity index (χ0v) is 16.0. The van der Waals surface area contributed by atoms with Crippen LogP contribution in [0.5, 0.6) is 5.75 Å². The summed E-state index contributed by atoms with van der Waals surface area (Å²) in [6, 6.07) is 18.7. The number of carbonyl (C=O) groups excluding carboxylic acids is 1. The SMILES string of the molecule is CC1(C(=O)NCC2COc3ccccc32)CCN(Cc2ccccc2)CC1. The molecule has 4 heteroatoms. The van der Waals surface area contributed by atoms with Crippen molar-refractivity contribution in [3.63, 3.8) is 0 Å². The van der Waals surface area contributed by atoms with Crippen LogP contribution in [0.2, 0.25) is 0 Å². The maximum absolute atomic E-state index is 12.9. The molecule has 0 bridgehead atoms. The highest BCUT2D eigenvalue weighted by atomic mass is 16.5. The minimum Gasteiger partial charge on any atom is -0.493 e. The molecule has 0 saturated carbocycles. The smallest absolute Gasteiger partial charge is 0.226 e. The maximum Gasteiger partial charge on any atom is 0.226 e. The van der Waals surface area contributed by atoms with Crippen LogP contribution in [-0.2, 0) is 11.3 Å². The van der Waals surface area contributed by atoms with E-state index in [-0.39, 0.29) is 17.2 Å². The van der Waals surface area contributed by atoms with Crippen LogP contribution in [0.1, 0.15) is 36.8 Å². The van der Waals surface area contributed by atoms with Crippen LogP contribution in [0.25, 0.3) is 0 Å². The third-order valence-corrected chi connectivity index (χ3v) is 6.06. The van der Waals surface area contributed by atoms with Gasteiger partial charge in [0.25, 0.3) is 0 Å². The van der Waals surface area contributed by atoms with Crippen molar-refractivity contribution in [2.75, 3.05) is 26.2 Å². The summed E-state index contributed by atoms with van der Waals surface area (Å²) < 4.78 is 5.73. The summed E-state index contributed by atoms with van der Waals surface area (Å²) in [6.07, 6.45) is 1.81. The molecule has 2 aliphatic heterocycles. The number of para-hydroxylation sites is 1. The van der Waals surface area contributed by atoms with Gasteiger partial charge in [0.05, 0.1) is 6.61 Å². The van der Waals surface area contributed by atoms with E-state index >= 15 is 0 Å². The molecule has 2 aromatic carbocycles. The Morgan fingerprint density at radius 2 is 1.81 bits per heavy atom. The summed E-state index contributed by atoms with van der Waals surface area (Å²) in [5.41, 5.74) is 2.28. The van der Waals surface area contributed by atoms with Gasteiger partial charge in [-0.3, -0.25) is 9.69 Å². The largest absolute Gasteiger partial charge is 0.493 e. The molecule has 142 valence electrons. The average Bonchev–Trinajstić information content (AvgIpc) is 3.12. The van der Waals surface area contributed by atoms with Gasteiger partial charge >= 0.3 is 0 Å². The van der Waals surface area contributed by atoms with Gasteiger partial charge in [-0.15, -0.1) is 0 Å². The Bertz CT molecular complexity index is 782. The van der Waals surface area contributed by atoms with E-state index in [0.29, 0.717) is 13.2 Å². The van der Waals surface area contributed by atoms with E-state index in [1.807, 2.05) is 18.2 Å². The molecule has 0 aliphatic carbocycles. The number of fused-ring (bicyclic) bond motifs is 1. The number of hydrogen-bond donors (Lipinski definition) is 1. The second-order valence-electron chi connectivity index (χ2n) is 8.08. The van der Waals surface area contributed by atoms with Crippen molar-refractivity contribution in [1.82, 2.24) is 10.2 Å². The van der Waals surface area contributed by atoms with Gasteiger partial charge in [0.2, 0.25) is 5.91 Å². The summed E-state index contributed by atoms with van der Waals surface area (Å²) in [5, 5.41) is 3.20. The molecule has 1 amide bonds. The molecular formula is C23H28N2O2. The molecule has 1 fully saturated rings. The number of hydrogen-bond acceptors (Lipinski definition) is 3. The summed E-state index contributed by atoms with van der Waals surface area (Å²) in [7, 11) is 0. The number of ether oxygens (including phenoxy) is 1. The maximum atomic E-state index is 12.9. The fraction of sp³-hybridized carbons (Fsp3) is 0.435. The molecule has 27 heavy (non-hydrogen) atoms. The van der Waals surface area contributed by atoms with E-state index in [1.165, 1.54) is 11.1 Å². The highest BCUT2D eigenvalue weighted by Gasteiger charge is 2.37. The van der Waals surface area contributed by atoms with Crippen LogP contribution in [0.15, 0.2) is 54.6 Å². The number of amides is 1. The third-order valence-electron chi connectivity index (χ3n) is 6.06. The van der Waals surface area contributed by atoms with Crippen LogP contribution in [0.3, 0.4) is 0 Å². The number of likely N-dealkylation sites (tertiary alicyclic amines) is 1. The predicted molar refractivity (Wildman–Crippen MR) is 107 cm³/mol. The number of rotatable bonds is 5. The number of nitrogens with zero attached hydrogens (tertiary/aromatic N) is 1. The molecule has 2 heterocycles. The lowest BCUT2D eigenvalue weighted by atomic mass is 9.79. The van der Waals surface area contributed by atoms with Crippen molar-refractivity contribution in [3.05, 3.63) is 65.7 Å². The summed E-state index contributed by atoms with van der Waals surface area (Å²) in [5.74, 6) is 1.40. The lowest BCUT2D eigenvalue weighted by Gasteiger charge is -2.38. The fourth-order valence-corrected chi connectivity index (χ4v) is 4.10. The van der Waals surface area contributed by atoms with Gasteiger partial charge in [0.1, 0.15) is 5.75 Å². The Hall–Kier alpha value is -2.33. The second kappa shape index (κ2) is 7.73. The predicted octanol–water partition coefficient (Wildman–Crippen LogP) is 3.58. The lowest BCUT2D eigenvalue weighted by Crippen LogP contribution is -2.47. The van der Waals surface area contributed by atoms with E-state index in [4.69, 9.17) is 4.74 Å². The van der Waals surface area contributed by atoms with Crippen LogP contribution in [0.4, 0.5) is 0 Å². The first-order valence-corrected chi connectivity index (χ1v) is 9.90. The quantitative estimate of drug-likeness (QED) is 0.882. The fourth-order valence-electron chi connectivity index (χ4n) is 4.10. The summed E-state index contributed by atoms with van der Waals surface area (Å²) >= 11 is 0. The van der Waals surface area contributed by atoms with Crippen molar-refractivity contribution in [2.24, 2.45) is 5.41 Å².